The normalized spacial score (nSPS) is 11.6. The third kappa shape index (κ3) is 3.85. The van der Waals surface area contributed by atoms with Gasteiger partial charge in [0, 0.05) is 24.2 Å². The first-order valence-corrected chi connectivity index (χ1v) is 9.45. The van der Waals surface area contributed by atoms with Crippen LogP contribution in [0.4, 0.5) is 5.69 Å². The van der Waals surface area contributed by atoms with Crippen molar-refractivity contribution in [1.29, 1.82) is 0 Å². The van der Waals surface area contributed by atoms with Crippen LogP contribution >= 0.6 is 27.3 Å². The summed E-state index contributed by atoms with van der Waals surface area (Å²) in [7, 11) is -1.71. The molecule has 1 heterocycles. The Morgan fingerprint density at radius 1 is 1.19 bits per heavy atom. The molecule has 0 saturated heterocycles. The van der Waals surface area contributed by atoms with Crippen molar-refractivity contribution in [3.05, 3.63) is 44.1 Å². The Morgan fingerprint density at radius 3 is 2.29 bits per heavy atom. The van der Waals surface area contributed by atoms with Crippen molar-refractivity contribution in [3.63, 3.8) is 0 Å². The van der Waals surface area contributed by atoms with Crippen molar-refractivity contribution < 1.29 is 8.42 Å². The number of rotatable bonds is 5. The molecule has 0 bridgehead atoms. The van der Waals surface area contributed by atoms with E-state index in [1.807, 2.05) is 45.2 Å². The Kier molecular flexibility index (Phi) is 5.08. The summed E-state index contributed by atoms with van der Waals surface area (Å²) in [4.78, 5) is 1.32. The van der Waals surface area contributed by atoms with Gasteiger partial charge in [0.15, 0.2) is 0 Å². The molecule has 2 aromatic rings. The van der Waals surface area contributed by atoms with E-state index in [2.05, 4.69) is 26.0 Å². The number of benzene rings is 1. The van der Waals surface area contributed by atoms with Crippen molar-refractivity contribution in [2.24, 2.45) is 0 Å². The fourth-order valence-electron chi connectivity index (χ4n) is 2.20. The van der Waals surface area contributed by atoms with Crippen LogP contribution in [0.3, 0.4) is 0 Å². The molecule has 0 spiro atoms. The number of anilines is 1. The van der Waals surface area contributed by atoms with Gasteiger partial charge in [0.25, 0.3) is 0 Å². The summed E-state index contributed by atoms with van der Waals surface area (Å²) < 4.78 is 28.7. The highest BCUT2D eigenvalue weighted by Gasteiger charge is 2.20. The van der Waals surface area contributed by atoms with E-state index < -0.39 is 10.0 Å². The lowest BCUT2D eigenvalue weighted by Gasteiger charge is -2.13. The minimum Gasteiger partial charge on any atom is -0.388 e. The van der Waals surface area contributed by atoms with Crippen molar-refractivity contribution >= 4 is 43.0 Å². The summed E-state index contributed by atoms with van der Waals surface area (Å²) in [6.07, 6.45) is 0. The summed E-state index contributed by atoms with van der Waals surface area (Å²) >= 11 is 4.89. The Bertz CT molecular complexity index is 731. The molecule has 114 valence electrons. The Morgan fingerprint density at radius 2 is 1.81 bits per heavy atom. The molecule has 2 N–H and O–H groups in total. The molecule has 0 unspecified atom stereocenters. The minimum absolute atomic E-state index is 0.297. The average molecular weight is 389 g/mol. The van der Waals surface area contributed by atoms with Gasteiger partial charge in [0.2, 0.25) is 10.0 Å². The molecule has 0 amide bonds. The van der Waals surface area contributed by atoms with Gasteiger partial charge in [-0.2, -0.15) is 0 Å². The van der Waals surface area contributed by atoms with Crippen LogP contribution < -0.4 is 10.0 Å². The molecule has 1 aromatic carbocycles. The molecule has 0 aliphatic carbocycles. The van der Waals surface area contributed by atoms with Crippen LogP contribution in [0.1, 0.15) is 16.0 Å². The molecule has 2 rings (SSSR count). The maximum absolute atomic E-state index is 12.5. The summed E-state index contributed by atoms with van der Waals surface area (Å²) in [6, 6.07) is 7.49. The van der Waals surface area contributed by atoms with E-state index in [0.29, 0.717) is 11.4 Å². The fraction of sp³-hybridized carbons (Fsp3) is 0.286. The van der Waals surface area contributed by atoms with Crippen LogP contribution in [0, 0.1) is 13.8 Å². The standard InChI is InChI=1S/C14H17BrN2O2S2/c1-9-6-11(16-3)7-10(2)14(9)21(18,19)17-8-12-4-5-13(15)20-12/h4-7,16-17H,8H2,1-3H3. The van der Waals surface area contributed by atoms with E-state index in [4.69, 9.17) is 0 Å². The van der Waals surface area contributed by atoms with Gasteiger partial charge in [-0.15, -0.1) is 11.3 Å². The van der Waals surface area contributed by atoms with Crippen molar-refractivity contribution in [1.82, 2.24) is 4.72 Å². The lowest BCUT2D eigenvalue weighted by Crippen LogP contribution is -2.24. The molecule has 21 heavy (non-hydrogen) atoms. The molecule has 0 saturated carbocycles. The number of halogens is 1. The number of hydrogen-bond donors (Lipinski definition) is 2. The van der Waals surface area contributed by atoms with Gasteiger partial charge in [-0.05, 0) is 65.2 Å². The highest BCUT2D eigenvalue weighted by Crippen LogP contribution is 2.25. The Hall–Kier alpha value is -0.890. The number of aryl methyl sites for hydroxylation is 2. The van der Waals surface area contributed by atoms with Crippen LogP contribution in [0.5, 0.6) is 0 Å². The van der Waals surface area contributed by atoms with E-state index in [-0.39, 0.29) is 0 Å². The molecule has 0 atom stereocenters. The Balaban J connectivity index is 2.27. The van der Waals surface area contributed by atoms with Gasteiger partial charge in [0.1, 0.15) is 0 Å². The van der Waals surface area contributed by atoms with Crippen LogP contribution in [0.25, 0.3) is 0 Å². The van der Waals surface area contributed by atoms with Gasteiger partial charge in [-0.3, -0.25) is 0 Å². The maximum Gasteiger partial charge on any atom is 0.241 e. The van der Waals surface area contributed by atoms with Gasteiger partial charge < -0.3 is 5.32 Å². The predicted molar refractivity (Wildman–Crippen MR) is 91.5 cm³/mol. The van der Waals surface area contributed by atoms with Gasteiger partial charge >= 0.3 is 0 Å². The maximum atomic E-state index is 12.5. The van der Waals surface area contributed by atoms with Crippen LogP contribution in [0.2, 0.25) is 0 Å². The summed E-state index contributed by atoms with van der Waals surface area (Å²) in [5.41, 5.74) is 2.38. The molecule has 0 radical (unpaired) electrons. The molecule has 1 aromatic heterocycles. The lowest BCUT2D eigenvalue weighted by molar-refractivity contribution is 0.580. The quantitative estimate of drug-likeness (QED) is 0.821. The Labute approximate surface area is 137 Å². The first kappa shape index (κ1) is 16.5. The molecule has 4 nitrogen and oxygen atoms in total. The van der Waals surface area contributed by atoms with E-state index in [1.54, 1.807) is 0 Å². The number of hydrogen-bond acceptors (Lipinski definition) is 4. The zero-order valence-electron chi connectivity index (χ0n) is 12.0. The van der Waals surface area contributed by atoms with E-state index >= 15 is 0 Å². The van der Waals surface area contributed by atoms with Crippen LogP contribution in [0.15, 0.2) is 32.9 Å². The minimum atomic E-state index is -3.52. The topological polar surface area (TPSA) is 58.2 Å². The number of sulfonamides is 1. The third-order valence-corrected chi connectivity index (χ3v) is 6.41. The van der Waals surface area contributed by atoms with Crippen molar-refractivity contribution in [3.8, 4) is 0 Å². The van der Waals surface area contributed by atoms with Crippen molar-refractivity contribution in [2.45, 2.75) is 25.3 Å². The highest BCUT2D eigenvalue weighted by molar-refractivity contribution is 9.11. The first-order chi connectivity index (χ1) is 9.83. The van der Waals surface area contributed by atoms with Crippen LogP contribution in [-0.2, 0) is 16.6 Å². The zero-order valence-corrected chi connectivity index (χ0v) is 15.2. The average Bonchev–Trinajstić information content (AvgIpc) is 2.81. The van der Waals surface area contributed by atoms with Gasteiger partial charge in [-0.25, -0.2) is 13.1 Å². The third-order valence-electron chi connectivity index (χ3n) is 3.08. The van der Waals surface area contributed by atoms with Gasteiger partial charge in [0.05, 0.1) is 8.68 Å². The molecule has 7 heteroatoms. The number of nitrogens with one attached hydrogen (secondary N) is 2. The molecule has 0 fully saturated rings. The van der Waals surface area contributed by atoms with E-state index in [0.717, 1.165) is 25.5 Å². The van der Waals surface area contributed by atoms with E-state index in [1.165, 1.54) is 11.3 Å². The SMILES string of the molecule is CNc1cc(C)c(S(=O)(=O)NCc2ccc(Br)s2)c(C)c1. The molecule has 0 aliphatic rings. The largest absolute Gasteiger partial charge is 0.388 e. The van der Waals surface area contributed by atoms with Crippen molar-refractivity contribution in [2.75, 3.05) is 12.4 Å². The molecule has 0 aliphatic heterocycles. The summed E-state index contributed by atoms with van der Waals surface area (Å²) in [5.74, 6) is 0. The highest BCUT2D eigenvalue weighted by atomic mass is 79.9. The number of thiophene rings is 1. The summed E-state index contributed by atoms with van der Waals surface area (Å²) in [6.45, 7) is 3.92. The lowest BCUT2D eigenvalue weighted by atomic mass is 10.1. The van der Waals surface area contributed by atoms with Crippen LogP contribution in [-0.4, -0.2) is 15.5 Å². The second-order valence-electron chi connectivity index (χ2n) is 4.72. The molecular formula is C14H17BrN2O2S2. The first-order valence-electron chi connectivity index (χ1n) is 6.36. The second-order valence-corrected chi connectivity index (χ2v) is 8.97. The smallest absolute Gasteiger partial charge is 0.241 e. The summed E-state index contributed by atoms with van der Waals surface area (Å²) in [5, 5.41) is 3.03. The molecular weight excluding hydrogens is 372 g/mol. The van der Waals surface area contributed by atoms with Gasteiger partial charge in [-0.1, -0.05) is 0 Å². The second kappa shape index (κ2) is 6.48. The zero-order chi connectivity index (χ0) is 15.6. The monoisotopic (exact) mass is 388 g/mol. The predicted octanol–water partition coefficient (Wildman–Crippen LogP) is 3.65. The fourth-order valence-corrected chi connectivity index (χ4v) is 5.17. The van der Waals surface area contributed by atoms with E-state index in [9.17, 15) is 8.42 Å².